The van der Waals surface area contributed by atoms with Crippen molar-refractivity contribution in [1.82, 2.24) is 4.72 Å². The molecule has 0 bridgehead atoms. The number of aliphatic hydroxyl groups is 2. The summed E-state index contributed by atoms with van der Waals surface area (Å²) >= 11 is 7.53. The van der Waals surface area contributed by atoms with Crippen molar-refractivity contribution < 1.29 is 18.6 Å². The van der Waals surface area contributed by atoms with Crippen LogP contribution in [-0.2, 0) is 10.0 Å². The van der Waals surface area contributed by atoms with Gasteiger partial charge in [-0.05, 0) is 37.9 Å². The van der Waals surface area contributed by atoms with Crippen LogP contribution in [-0.4, -0.2) is 37.9 Å². The summed E-state index contributed by atoms with van der Waals surface area (Å²) in [6, 6.07) is 0.554. The SMILES string of the molecule is O=S(=O)(NC(CO)CO)c1cc(Br)sc1Br. The minimum absolute atomic E-state index is 0.0799. The van der Waals surface area contributed by atoms with Gasteiger partial charge in [-0.3, -0.25) is 0 Å². The lowest BCUT2D eigenvalue weighted by atomic mass is 10.4. The fraction of sp³-hybridized carbons (Fsp3) is 0.429. The molecule has 0 aliphatic heterocycles. The first-order valence-electron chi connectivity index (χ1n) is 4.09. The number of thiophene rings is 1. The van der Waals surface area contributed by atoms with Gasteiger partial charge in [-0.15, -0.1) is 11.3 Å². The lowest BCUT2D eigenvalue weighted by Crippen LogP contribution is -2.39. The number of aliphatic hydroxyl groups excluding tert-OH is 2. The Hall–Kier alpha value is 0.490. The Balaban J connectivity index is 2.98. The monoisotopic (exact) mass is 393 g/mol. The molecule has 0 aliphatic rings. The summed E-state index contributed by atoms with van der Waals surface area (Å²) in [6.45, 7) is -0.919. The minimum atomic E-state index is -3.73. The van der Waals surface area contributed by atoms with Gasteiger partial charge in [0.05, 0.1) is 26.8 Å². The predicted molar refractivity (Wildman–Crippen MR) is 68.0 cm³/mol. The van der Waals surface area contributed by atoms with E-state index in [1.54, 1.807) is 0 Å². The predicted octanol–water partition coefficient (Wildman–Crippen LogP) is 0.905. The molecule has 0 atom stereocenters. The van der Waals surface area contributed by atoms with Crippen molar-refractivity contribution >= 4 is 53.2 Å². The minimum Gasteiger partial charge on any atom is -0.395 e. The molecule has 9 heteroatoms. The highest BCUT2D eigenvalue weighted by Gasteiger charge is 2.23. The van der Waals surface area contributed by atoms with E-state index in [4.69, 9.17) is 10.2 Å². The zero-order valence-corrected chi connectivity index (χ0v) is 12.7. The third-order valence-corrected chi connectivity index (χ3v) is 5.95. The van der Waals surface area contributed by atoms with Gasteiger partial charge in [0.15, 0.2) is 0 Å². The van der Waals surface area contributed by atoms with Crippen LogP contribution >= 0.6 is 43.2 Å². The number of hydrogen-bond donors (Lipinski definition) is 3. The first kappa shape index (κ1) is 14.6. The fourth-order valence-corrected chi connectivity index (χ4v) is 5.95. The molecule has 0 unspecified atom stereocenters. The molecule has 1 aromatic rings. The Labute approximate surface area is 114 Å². The molecule has 5 nitrogen and oxygen atoms in total. The molecule has 0 radical (unpaired) electrons. The van der Waals surface area contributed by atoms with Crippen LogP contribution in [0.5, 0.6) is 0 Å². The third-order valence-electron chi connectivity index (χ3n) is 1.68. The third kappa shape index (κ3) is 3.49. The zero-order chi connectivity index (χ0) is 12.3. The van der Waals surface area contributed by atoms with Gasteiger partial charge in [0, 0.05) is 0 Å². The average Bonchev–Trinajstić information content (AvgIpc) is 2.55. The summed E-state index contributed by atoms with van der Waals surface area (Å²) in [4.78, 5) is 0.0799. The van der Waals surface area contributed by atoms with E-state index in [0.717, 1.165) is 0 Å². The van der Waals surface area contributed by atoms with E-state index >= 15 is 0 Å². The second-order valence-corrected chi connectivity index (χ2v) is 8.30. The number of halogens is 2. The van der Waals surface area contributed by atoms with Gasteiger partial charge in [-0.25, -0.2) is 13.1 Å². The smallest absolute Gasteiger partial charge is 0.242 e. The number of rotatable bonds is 5. The normalized spacial score (nSPS) is 12.3. The summed E-state index contributed by atoms with van der Waals surface area (Å²) in [5.41, 5.74) is 0. The Morgan fingerprint density at radius 3 is 2.31 bits per heavy atom. The molecule has 0 saturated heterocycles. The van der Waals surface area contributed by atoms with Crippen LogP contribution in [0.1, 0.15) is 0 Å². The van der Waals surface area contributed by atoms with Crippen LogP contribution in [0.3, 0.4) is 0 Å². The maximum absolute atomic E-state index is 11.8. The number of nitrogens with one attached hydrogen (secondary N) is 1. The lowest BCUT2D eigenvalue weighted by molar-refractivity contribution is 0.185. The van der Waals surface area contributed by atoms with Gasteiger partial charge < -0.3 is 10.2 Å². The first-order chi connectivity index (χ1) is 7.40. The maximum atomic E-state index is 11.8. The number of hydrogen-bond acceptors (Lipinski definition) is 5. The lowest BCUT2D eigenvalue weighted by Gasteiger charge is -2.12. The first-order valence-corrected chi connectivity index (χ1v) is 7.98. The fourth-order valence-electron chi connectivity index (χ4n) is 0.924. The van der Waals surface area contributed by atoms with Gasteiger partial charge in [0.25, 0.3) is 0 Å². The van der Waals surface area contributed by atoms with Crippen molar-refractivity contribution in [3.63, 3.8) is 0 Å². The molecule has 16 heavy (non-hydrogen) atoms. The molecule has 0 amide bonds. The van der Waals surface area contributed by atoms with Crippen LogP contribution in [0.2, 0.25) is 0 Å². The summed E-state index contributed by atoms with van der Waals surface area (Å²) in [5.74, 6) is 0. The second kappa shape index (κ2) is 5.89. The van der Waals surface area contributed by atoms with Gasteiger partial charge in [0.2, 0.25) is 10.0 Å². The Bertz CT molecular complexity index is 455. The molecule has 92 valence electrons. The van der Waals surface area contributed by atoms with Crippen LogP contribution in [0.4, 0.5) is 0 Å². The summed E-state index contributed by atoms with van der Waals surface area (Å²) in [5, 5.41) is 17.6. The molecule has 1 aromatic heterocycles. The van der Waals surface area contributed by atoms with E-state index in [1.165, 1.54) is 17.4 Å². The molecule has 0 fully saturated rings. The van der Waals surface area contributed by atoms with Crippen LogP contribution in [0.15, 0.2) is 18.5 Å². The van der Waals surface area contributed by atoms with E-state index in [2.05, 4.69) is 36.6 Å². The van der Waals surface area contributed by atoms with Crippen molar-refractivity contribution in [2.45, 2.75) is 10.9 Å². The molecule has 0 spiro atoms. The van der Waals surface area contributed by atoms with E-state index < -0.39 is 29.3 Å². The van der Waals surface area contributed by atoms with Gasteiger partial charge in [-0.2, -0.15) is 0 Å². The van der Waals surface area contributed by atoms with Crippen molar-refractivity contribution in [2.24, 2.45) is 0 Å². The topological polar surface area (TPSA) is 86.6 Å². The van der Waals surface area contributed by atoms with Crippen LogP contribution in [0, 0.1) is 0 Å². The van der Waals surface area contributed by atoms with Gasteiger partial charge >= 0.3 is 0 Å². The van der Waals surface area contributed by atoms with E-state index in [1.807, 2.05) is 0 Å². The molecule has 1 rings (SSSR count). The summed E-state index contributed by atoms with van der Waals surface area (Å²) in [6.07, 6.45) is 0. The Kier molecular flexibility index (Phi) is 5.36. The van der Waals surface area contributed by atoms with Gasteiger partial charge in [0.1, 0.15) is 4.90 Å². The van der Waals surface area contributed by atoms with Crippen LogP contribution < -0.4 is 4.72 Å². The highest BCUT2D eigenvalue weighted by Crippen LogP contribution is 2.34. The average molecular weight is 395 g/mol. The van der Waals surface area contributed by atoms with E-state index in [9.17, 15) is 8.42 Å². The Morgan fingerprint density at radius 1 is 1.38 bits per heavy atom. The van der Waals surface area contributed by atoms with E-state index in [0.29, 0.717) is 7.57 Å². The highest BCUT2D eigenvalue weighted by atomic mass is 79.9. The molecular weight excluding hydrogens is 386 g/mol. The highest BCUT2D eigenvalue weighted by molar-refractivity contribution is 9.12. The van der Waals surface area contributed by atoms with Gasteiger partial charge in [-0.1, -0.05) is 0 Å². The molecule has 3 N–H and O–H groups in total. The molecular formula is C7H9Br2NO4S2. The standard InChI is InChI=1S/C7H9Br2NO4S2/c8-6-1-5(7(9)15-6)16(13,14)10-4(2-11)3-12/h1,4,10-12H,2-3H2. The summed E-state index contributed by atoms with van der Waals surface area (Å²) in [7, 11) is -3.73. The molecule has 1 heterocycles. The van der Waals surface area contributed by atoms with Crippen molar-refractivity contribution in [2.75, 3.05) is 13.2 Å². The quantitative estimate of drug-likeness (QED) is 0.692. The molecule has 0 aromatic carbocycles. The Morgan fingerprint density at radius 2 is 1.94 bits per heavy atom. The second-order valence-electron chi connectivity index (χ2n) is 2.87. The largest absolute Gasteiger partial charge is 0.395 e. The molecule has 0 saturated carbocycles. The maximum Gasteiger partial charge on any atom is 0.242 e. The van der Waals surface area contributed by atoms with Crippen molar-refractivity contribution in [3.05, 3.63) is 13.6 Å². The van der Waals surface area contributed by atoms with Crippen molar-refractivity contribution in [3.8, 4) is 0 Å². The van der Waals surface area contributed by atoms with Crippen LogP contribution in [0.25, 0.3) is 0 Å². The molecule has 0 aliphatic carbocycles. The zero-order valence-electron chi connectivity index (χ0n) is 7.85. The summed E-state index contributed by atoms with van der Waals surface area (Å²) < 4.78 is 27.0. The number of sulfonamides is 1. The van der Waals surface area contributed by atoms with E-state index in [-0.39, 0.29) is 4.90 Å². The van der Waals surface area contributed by atoms with Crippen molar-refractivity contribution in [1.29, 1.82) is 0 Å².